The van der Waals surface area contributed by atoms with E-state index in [0.29, 0.717) is 12.8 Å². The molecule has 0 aliphatic heterocycles. The van der Waals surface area contributed by atoms with Crippen LogP contribution in [0.5, 0.6) is 0 Å². The van der Waals surface area contributed by atoms with Gasteiger partial charge in [0.1, 0.15) is 17.0 Å². The predicted octanol–water partition coefficient (Wildman–Crippen LogP) is 4.41. The zero-order chi connectivity index (χ0) is 30.4. The van der Waals surface area contributed by atoms with Gasteiger partial charge in [-0.1, -0.05) is 32.4 Å². The fraction of sp³-hybridized carbons (Fsp3) is 0.750. The van der Waals surface area contributed by atoms with Crippen LogP contribution >= 0.6 is 0 Å². The van der Waals surface area contributed by atoms with Crippen LogP contribution in [0.15, 0.2) is 23.5 Å². The molecule has 0 saturated heterocycles. The lowest BCUT2D eigenvalue weighted by molar-refractivity contribution is -0.181. The Bertz CT molecular complexity index is 1220. The summed E-state index contributed by atoms with van der Waals surface area (Å²) in [5.74, 6) is -3.26. The summed E-state index contributed by atoms with van der Waals surface area (Å²) in [5, 5.41) is 33.9. The number of esters is 1. The highest BCUT2D eigenvalue weighted by molar-refractivity contribution is 6.02. The van der Waals surface area contributed by atoms with Gasteiger partial charge in [0.25, 0.3) is 0 Å². The normalized spacial score (nSPS) is 40.2. The van der Waals surface area contributed by atoms with Gasteiger partial charge in [0.2, 0.25) is 5.78 Å². The lowest BCUT2D eigenvalue weighted by atomic mass is 9.39. The minimum absolute atomic E-state index is 0.0490. The van der Waals surface area contributed by atoms with Gasteiger partial charge >= 0.3 is 5.97 Å². The van der Waals surface area contributed by atoms with Crippen molar-refractivity contribution in [2.24, 2.45) is 39.4 Å². The molecule has 0 spiro atoms. The van der Waals surface area contributed by atoms with E-state index in [4.69, 9.17) is 4.74 Å². The molecule has 2 saturated carbocycles. The molecule has 0 aromatic rings. The number of hydrogen-bond acceptors (Lipinski definition) is 8. The minimum Gasteiger partial charge on any atom is -0.505 e. The number of ether oxygens (including phenoxy) is 1. The number of ketones is 3. The minimum atomic E-state index is -1.92. The first-order valence-corrected chi connectivity index (χ1v) is 14.4. The first kappa shape index (κ1) is 30.6. The van der Waals surface area contributed by atoms with Gasteiger partial charge in [-0.2, -0.15) is 0 Å². The van der Waals surface area contributed by atoms with Crippen molar-refractivity contribution in [1.82, 2.24) is 0 Å². The standard InChI is InChI=1S/C32H46O8/c1-17(33)40-27(2,3)13-12-23(36)32(9,39)25-21(35)15-29(6)22-11-10-18-19(14-20(34)26(38)28(18,4)5)31(22,8)24(37)16-30(25,29)7/h10,14,19,21-22,25,34-35,39H,11-13,15-16H2,1-9H3/t19-,21+,22-,25-,29-,30+,31-,32-/m0/s1. The number of carbonyl (C=O) groups is 4. The van der Waals surface area contributed by atoms with Crippen molar-refractivity contribution >= 4 is 23.3 Å². The van der Waals surface area contributed by atoms with Gasteiger partial charge < -0.3 is 20.1 Å². The van der Waals surface area contributed by atoms with Crippen LogP contribution in [0.2, 0.25) is 0 Å². The first-order valence-electron chi connectivity index (χ1n) is 14.4. The number of aliphatic hydroxyl groups is 3. The summed E-state index contributed by atoms with van der Waals surface area (Å²) < 4.78 is 5.31. The van der Waals surface area contributed by atoms with Crippen LogP contribution in [0.3, 0.4) is 0 Å². The van der Waals surface area contributed by atoms with E-state index in [-0.39, 0.29) is 42.5 Å². The van der Waals surface area contributed by atoms with E-state index in [0.717, 1.165) is 5.57 Å². The second-order valence-corrected chi connectivity index (χ2v) is 14.8. The fourth-order valence-electron chi connectivity index (χ4n) is 9.26. The summed E-state index contributed by atoms with van der Waals surface area (Å²) in [6.45, 7) is 15.6. The predicted molar refractivity (Wildman–Crippen MR) is 148 cm³/mol. The van der Waals surface area contributed by atoms with E-state index in [2.05, 4.69) is 6.92 Å². The SMILES string of the molecule is CC(=O)OC(C)(C)CCC(=O)[C@](C)(O)[C@H]1[C@H](O)C[C@@]2(C)[C@@H]3CC=C4[C@H](C=C(O)C(=O)C4(C)C)[C@]3(C)C(=O)C[C@]12C. The van der Waals surface area contributed by atoms with Gasteiger partial charge in [0.05, 0.1) is 11.5 Å². The largest absolute Gasteiger partial charge is 0.505 e. The van der Waals surface area contributed by atoms with E-state index < -0.39 is 62.6 Å². The second-order valence-electron chi connectivity index (χ2n) is 14.8. The Labute approximate surface area is 237 Å². The van der Waals surface area contributed by atoms with Crippen LogP contribution in [-0.2, 0) is 23.9 Å². The summed E-state index contributed by atoms with van der Waals surface area (Å²) >= 11 is 0. The molecular weight excluding hydrogens is 512 g/mol. The molecule has 222 valence electrons. The molecule has 2 fully saturated rings. The maximum atomic E-state index is 14.3. The average molecular weight is 559 g/mol. The molecule has 0 radical (unpaired) electrons. The maximum Gasteiger partial charge on any atom is 0.303 e. The number of fused-ring (bicyclic) bond motifs is 5. The zero-order valence-corrected chi connectivity index (χ0v) is 25.4. The third-order valence-electron chi connectivity index (χ3n) is 11.6. The lowest BCUT2D eigenvalue weighted by Crippen LogP contribution is -2.64. The van der Waals surface area contributed by atoms with Crippen molar-refractivity contribution in [3.05, 3.63) is 23.5 Å². The molecule has 8 nitrogen and oxygen atoms in total. The topological polar surface area (TPSA) is 138 Å². The van der Waals surface area contributed by atoms with Crippen LogP contribution in [-0.4, -0.2) is 55.9 Å². The smallest absolute Gasteiger partial charge is 0.303 e. The fourth-order valence-corrected chi connectivity index (χ4v) is 9.26. The number of Topliss-reactive ketones (excluding diaryl/α,β-unsaturated/α-hetero) is 3. The summed E-state index contributed by atoms with van der Waals surface area (Å²) in [6, 6.07) is 0. The molecule has 0 heterocycles. The van der Waals surface area contributed by atoms with Crippen molar-refractivity contribution in [1.29, 1.82) is 0 Å². The molecule has 0 unspecified atom stereocenters. The Morgan fingerprint density at radius 2 is 1.68 bits per heavy atom. The van der Waals surface area contributed by atoms with Gasteiger partial charge in [0.15, 0.2) is 11.5 Å². The van der Waals surface area contributed by atoms with Crippen molar-refractivity contribution < 1.29 is 39.2 Å². The van der Waals surface area contributed by atoms with E-state index in [1.54, 1.807) is 27.7 Å². The van der Waals surface area contributed by atoms with Crippen molar-refractivity contribution in [2.75, 3.05) is 0 Å². The van der Waals surface area contributed by atoms with Crippen LogP contribution in [0.25, 0.3) is 0 Å². The highest BCUT2D eigenvalue weighted by Gasteiger charge is 2.74. The molecular formula is C32H46O8. The average Bonchev–Trinajstić information content (AvgIpc) is 3.01. The number of rotatable bonds is 6. The molecule has 3 N–H and O–H groups in total. The van der Waals surface area contributed by atoms with Crippen molar-refractivity contribution in [3.63, 3.8) is 0 Å². The van der Waals surface area contributed by atoms with Gasteiger partial charge in [-0.25, -0.2) is 0 Å². The number of hydrogen-bond donors (Lipinski definition) is 3. The summed E-state index contributed by atoms with van der Waals surface area (Å²) in [6.07, 6.45) is 3.55. The molecule has 4 rings (SSSR count). The number of carbonyl (C=O) groups excluding carboxylic acids is 4. The number of aliphatic hydroxyl groups excluding tert-OH is 2. The lowest BCUT2D eigenvalue weighted by Gasteiger charge is -2.63. The van der Waals surface area contributed by atoms with Gasteiger partial charge in [0, 0.05) is 37.0 Å². The molecule has 4 aliphatic rings. The zero-order valence-electron chi connectivity index (χ0n) is 25.4. The monoisotopic (exact) mass is 558 g/mol. The highest BCUT2D eigenvalue weighted by atomic mass is 16.6. The maximum absolute atomic E-state index is 14.3. The van der Waals surface area contributed by atoms with Gasteiger partial charge in [-0.05, 0) is 76.7 Å². The summed E-state index contributed by atoms with van der Waals surface area (Å²) in [7, 11) is 0. The molecule has 8 atom stereocenters. The van der Waals surface area contributed by atoms with Crippen LogP contribution in [0.4, 0.5) is 0 Å². The third kappa shape index (κ3) is 4.07. The van der Waals surface area contributed by atoms with Crippen LogP contribution in [0.1, 0.15) is 94.4 Å². The van der Waals surface area contributed by atoms with Crippen molar-refractivity contribution in [3.8, 4) is 0 Å². The second kappa shape index (κ2) is 9.09. The summed E-state index contributed by atoms with van der Waals surface area (Å²) in [5.41, 5.74) is -5.36. The Balaban J connectivity index is 1.72. The molecule has 0 bridgehead atoms. The molecule has 8 heteroatoms. The Morgan fingerprint density at radius 3 is 2.25 bits per heavy atom. The Kier molecular flexibility index (Phi) is 6.96. The number of allylic oxidation sites excluding steroid dienone is 4. The van der Waals surface area contributed by atoms with Crippen LogP contribution < -0.4 is 0 Å². The molecule has 0 amide bonds. The Morgan fingerprint density at radius 1 is 1.07 bits per heavy atom. The molecule has 0 aromatic carbocycles. The molecule has 4 aliphatic carbocycles. The summed E-state index contributed by atoms with van der Waals surface area (Å²) in [4.78, 5) is 52.1. The van der Waals surface area contributed by atoms with E-state index in [9.17, 15) is 34.5 Å². The third-order valence-corrected chi connectivity index (χ3v) is 11.6. The van der Waals surface area contributed by atoms with Gasteiger partial charge in [-0.15, -0.1) is 0 Å². The molecule has 40 heavy (non-hydrogen) atoms. The Hall–Kier alpha value is -2.32. The molecule has 0 aromatic heterocycles. The highest BCUT2D eigenvalue weighted by Crippen LogP contribution is 2.73. The van der Waals surface area contributed by atoms with E-state index in [1.807, 2.05) is 19.9 Å². The van der Waals surface area contributed by atoms with Crippen molar-refractivity contribution in [2.45, 2.75) is 112 Å². The van der Waals surface area contributed by atoms with Gasteiger partial charge in [-0.3, -0.25) is 19.2 Å². The van der Waals surface area contributed by atoms with Crippen LogP contribution in [0, 0.1) is 39.4 Å². The first-order chi connectivity index (χ1) is 18.1. The van der Waals surface area contributed by atoms with E-state index >= 15 is 0 Å². The van der Waals surface area contributed by atoms with E-state index in [1.165, 1.54) is 19.9 Å². The quantitative estimate of drug-likeness (QED) is 0.322.